The average Bonchev–Trinajstić information content (AvgIpc) is 2.72. The summed E-state index contributed by atoms with van der Waals surface area (Å²) in [4.78, 5) is 3.96. The molecule has 0 unspecified atom stereocenters. The van der Waals surface area contributed by atoms with Crippen LogP contribution in [-0.4, -0.2) is 21.1 Å². The molecule has 0 amide bonds. The fourth-order valence-electron chi connectivity index (χ4n) is 1.48. The molecule has 1 heterocycles. The van der Waals surface area contributed by atoms with Crippen molar-refractivity contribution in [3.8, 4) is 5.75 Å². The zero-order chi connectivity index (χ0) is 13.9. The second kappa shape index (κ2) is 5.17. The number of benzene rings is 1. The molecule has 2 aromatic rings. The normalized spacial score (nSPS) is 11.4. The fourth-order valence-corrected chi connectivity index (χ4v) is 1.48. The molecule has 2 rings (SSSR count). The Hall–Kier alpha value is -2.25. The van der Waals surface area contributed by atoms with Crippen molar-refractivity contribution in [1.29, 1.82) is 0 Å². The van der Waals surface area contributed by atoms with Gasteiger partial charge in [0, 0.05) is 7.05 Å². The van der Waals surface area contributed by atoms with Crippen molar-refractivity contribution in [2.24, 2.45) is 7.05 Å². The molecule has 1 aromatic carbocycles. The van der Waals surface area contributed by atoms with Gasteiger partial charge in [0.05, 0.1) is 12.2 Å². The number of anilines is 1. The van der Waals surface area contributed by atoms with E-state index in [2.05, 4.69) is 20.1 Å². The van der Waals surface area contributed by atoms with E-state index in [-0.39, 0.29) is 18.0 Å². The number of nitrogens with zero attached hydrogens (tertiary/aromatic N) is 3. The molecule has 19 heavy (non-hydrogen) atoms. The Morgan fingerprint density at radius 2 is 2.05 bits per heavy atom. The first-order valence-corrected chi connectivity index (χ1v) is 5.37. The number of halogens is 3. The summed E-state index contributed by atoms with van der Waals surface area (Å²) in [6.07, 6.45) is -3.35. The van der Waals surface area contributed by atoms with Crippen molar-refractivity contribution in [2.45, 2.75) is 12.9 Å². The van der Waals surface area contributed by atoms with Gasteiger partial charge in [0.2, 0.25) is 0 Å². The van der Waals surface area contributed by atoms with Crippen LogP contribution in [0.4, 0.5) is 18.9 Å². The van der Waals surface area contributed by atoms with Crippen LogP contribution in [0.15, 0.2) is 30.6 Å². The lowest BCUT2D eigenvalue weighted by Crippen LogP contribution is -2.18. The number of rotatable bonds is 4. The predicted octanol–water partition coefficient (Wildman–Crippen LogP) is 2.33. The van der Waals surface area contributed by atoms with E-state index < -0.39 is 6.36 Å². The van der Waals surface area contributed by atoms with Crippen molar-refractivity contribution in [2.75, 3.05) is 5.32 Å². The Labute approximate surface area is 107 Å². The van der Waals surface area contributed by atoms with E-state index in [4.69, 9.17) is 0 Å². The second-order valence-electron chi connectivity index (χ2n) is 3.70. The van der Waals surface area contributed by atoms with Crippen LogP contribution in [0, 0.1) is 0 Å². The van der Waals surface area contributed by atoms with Crippen molar-refractivity contribution < 1.29 is 17.9 Å². The lowest BCUT2D eigenvalue weighted by molar-refractivity contribution is -0.274. The quantitative estimate of drug-likeness (QED) is 0.928. The third-order valence-corrected chi connectivity index (χ3v) is 2.35. The highest BCUT2D eigenvalue weighted by Gasteiger charge is 2.32. The van der Waals surface area contributed by atoms with E-state index in [1.54, 1.807) is 13.1 Å². The highest BCUT2D eigenvalue weighted by atomic mass is 19.4. The fraction of sp³-hybridized carbons (Fsp3) is 0.273. The number of ether oxygens (including phenoxy) is 1. The van der Waals surface area contributed by atoms with Crippen LogP contribution < -0.4 is 10.1 Å². The third-order valence-electron chi connectivity index (χ3n) is 2.35. The molecule has 8 heteroatoms. The summed E-state index contributed by atoms with van der Waals surface area (Å²) in [7, 11) is 1.70. The van der Waals surface area contributed by atoms with E-state index >= 15 is 0 Å². The van der Waals surface area contributed by atoms with E-state index in [1.165, 1.54) is 29.2 Å². The molecular formula is C11H11F3N4O. The Morgan fingerprint density at radius 3 is 2.68 bits per heavy atom. The van der Waals surface area contributed by atoms with Crippen LogP contribution in [0.2, 0.25) is 0 Å². The van der Waals surface area contributed by atoms with Crippen LogP contribution in [0.1, 0.15) is 5.82 Å². The number of para-hydroxylation sites is 2. The zero-order valence-corrected chi connectivity index (χ0v) is 9.98. The highest BCUT2D eigenvalue weighted by molar-refractivity contribution is 5.56. The Bertz CT molecular complexity index is 553. The highest BCUT2D eigenvalue weighted by Crippen LogP contribution is 2.29. The summed E-state index contributed by atoms with van der Waals surface area (Å²) < 4.78 is 42.1. The van der Waals surface area contributed by atoms with Crippen molar-refractivity contribution in [3.63, 3.8) is 0 Å². The van der Waals surface area contributed by atoms with E-state index in [0.29, 0.717) is 5.82 Å². The van der Waals surface area contributed by atoms with Gasteiger partial charge in [-0.3, -0.25) is 4.68 Å². The molecule has 1 aromatic heterocycles. The van der Waals surface area contributed by atoms with Gasteiger partial charge in [-0.05, 0) is 12.1 Å². The van der Waals surface area contributed by atoms with Gasteiger partial charge in [0.15, 0.2) is 5.75 Å². The van der Waals surface area contributed by atoms with Crippen LogP contribution in [-0.2, 0) is 13.6 Å². The monoisotopic (exact) mass is 272 g/mol. The van der Waals surface area contributed by atoms with Gasteiger partial charge in [-0.25, -0.2) is 4.98 Å². The number of aromatic nitrogens is 3. The summed E-state index contributed by atoms with van der Waals surface area (Å²) >= 11 is 0. The third kappa shape index (κ3) is 3.60. The molecule has 0 aliphatic heterocycles. The minimum absolute atomic E-state index is 0.239. The van der Waals surface area contributed by atoms with Gasteiger partial charge in [-0.2, -0.15) is 5.10 Å². The first-order valence-electron chi connectivity index (χ1n) is 5.37. The van der Waals surface area contributed by atoms with E-state index in [0.717, 1.165) is 0 Å². The summed E-state index contributed by atoms with van der Waals surface area (Å²) in [6, 6.07) is 5.82. The van der Waals surface area contributed by atoms with Gasteiger partial charge < -0.3 is 10.1 Å². The van der Waals surface area contributed by atoms with Crippen molar-refractivity contribution in [3.05, 3.63) is 36.4 Å². The van der Waals surface area contributed by atoms with Crippen LogP contribution in [0.3, 0.4) is 0 Å². The average molecular weight is 272 g/mol. The zero-order valence-electron chi connectivity index (χ0n) is 9.98. The second-order valence-corrected chi connectivity index (χ2v) is 3.70. The van der Waals surface area contributed by atoms with Crippen LogP contribution >= 0.6 is 0 Å². The summed E-state index contributed by atoms with van der Waals surface area (Å²) in [5.74, 6) is 0.319. The van der Waals surface area contributed by atoms with E-state index in [1.807, 2.05) is 0 Å². The topological polar surface area (TPSA) is 52.0 Å². The smallest absolute Gasteiger partial charge is 0.404 e. The molecular weight excluding hydrogens is 261 g/mol. The first kappa shape index (κ1) is 13.2. The molecule has 0 atom stereocenters. The van der Waals surface area contributed by atoms with Crippen LogP contribution in [0.25, 0.3) is 0 Å². The lowest BCUT2D eigenvalue weighted by Gasteiger charge is -2.14. The van der Waals surface area contributed by atoms with E-state index in [9.17, 15) is 13.2 Å². The molecule has 1 N–H and O–H groups in total. The number of nitrogens with one attached hydrogen (secondary N) is 1. The molecule has 0 bridgehead atoms. The molecule has 0 fully saturated rings. The summed E-state index contributed by atoms with van der Waals surface area (Å²) in [5.41, 5.74) is 0.239. The first-order chi connectivity index (χ1) is 8.96. The Balaban J connectivity index is 2.10. The maximum atomic E-state index is 12.2. The number of hydrogen-bond donors (Lipinski definition) is 1. The molecule has 0 aliphatic carbocycles. The molecule has 0 radical (unpaired) electrons. The van der Waals surface area contributed by atoms with Gasteiger partial charge in [-0.15, -0.1) is 13.2 Å². The van der Waals surface area contributed by atoms with Gasteiger partial charge in [-0.1, -0.05) is 12.1 Å². The molecule has 0 saturated heterocycles. The summed E-state index contributed by atoms with van der Waals surface area (Å²) in [5, 5.41) is 6.70. The SMILES string of the molecule is Cn1ncnc1CNc1ccccc1OC(F)(F)F. The summed E-state index contributed by atoms with van der Waals surface area (Å²) in [6.45, 7) is 0.245. The maximum absolute atomic E-state index is 12.2. The number of aryl methyl sites for hydroxylation is 1. The van der Waals surface area contributed by atoms with Crippen molar-refractivity contribution >= 4 is 5.69 Å². The van der Waals surface area contributed by atoms with Crippen molar-refractivity contribution in [1.82, 2.24) is 14.8 Å². The largest absolute Gasteiger partial charge is 0.573 e. The predicted molar refractivity (Wildman–Crippen MR) is 61.5 cm³/mol. The molecule has 5 nitrogen and oxygen atoms in total. The minimum atomic E-state index is -4.72. The van der Waals surface area contributed by atoms with Gasteiger partial charge >= 0.3 is 6.36 Å². The van der Waals surface area contributed by atoms with Crippen LogP contribution in [0.5, 0.6) is 5.75 Å². The Kier molecular flexibility index (Phi) is 3.59. The molecule has 0 spiro atoms. The molecule has 102 valence electrons. The standard InChI is InChI=1S/C11H11F3N4O/c1-18-10(16-7-17-18)6-15-8-4-2-3-5-9(8)19-11(12,13)14/h2-5,7,15H,6H2,1H3. The van der Waals surface area contributed by atoms with Gasteiger partial charge in [0.1, 0.15) is 12.2 Å². The minimum Gasteiger partial charge on any atom is -0.404 e. The maximum Gasteiger partial charge on any atom is 0.573 e. The number of hydrogen-bond acceptors (Lipinski definition) is 4. The lowest BCUT2D eigenvalue weighted by atomic mass is 10.3. The number of alkyl halides is 3. The molecule has 0 saturated carbocycles. The van der Waals surface area contributed by atoms with Gasteiger partial charge in [0.25, 0.3) is 0 Å². The molecule has 0 aliphatic rings. The Morgan fingerprint density at radius 1 is 1.32 bits per heavy atom.